The van der Waals surface area contributed by atoms with E-state index in [1.165, 1.54) is 24.2 Å². The van der Waals surface area contributed by atoms with Crippen LogP contribution in [-0.2, 0) is 0 Å². The van der Waals surface area contributed by atoms with Crippen molar-refractivity contribution in [3.8, 4) is 0 Å². The van der Waals surface area contributed by atoms with Gasteiger partial charge >= 0.3 is 0 Å². The summed E-state index contributed by atoms with van der Waals surface area (Å²) in [5.74, 6) is 0.369. The summed E-state index contributed by atoms with van der Waals surface area (Å²) >= 11 is 1.42. The van der Waals surface area contributed by atoms with E-state index in [9.17, 15) is 4.79 Å². The molecular formula is C11H12N4OS. The zero-order chi connectivity index (χ0) is 11.8. The summed E-state index contributed by atoms with van der Waals surface area (Å²) in [5, 5.41) is 12.2. The molecule has 0 aliphatic heterocycles. The number of nitrogens with zero attached hydrogens (tertiary/aromatic N) is 2. The first-order valence-corrected chi connectivity index (χ1v) is 6.39. The molecule has 0 bridgehead atoms. The van der Waals surface area contributed by atoms with Crippen molar-refractivity contribution in [2.45, 2.75) is 25.7 Å². The third kappa shape index (κ3) is 2.21. The predicted octanol–water partition coefficient (Wildman–Crippen LogP) is 2.30. The number of anilines is 1. The van der Waals surface area contributed by atoms with Crippen LogP contribution in [0.3, 0.4) is 0 Å². The number of carbonyl (C=O) groups excluding carboxylic acids is 1. The number of H-pyrrole nitrogens is 1. The molecule has 0 unspecified atom stereocenters. The molecule has 0 radical (unpaired) electrons. The molecule has 2 aromatic rings. The van der Waals surface area contributed by atoms with Gasteiger partial charge in [0.1, 0.15) is 0 Å². The summed E-state index contributed by atoms with van der Waals surface area (Å²) in [6.45, 7) is 1.89. The topological polar surface area (TPSA) is 70.7 Å². The Bertz CT molecular complexity index is 555. The third-order valence-corrected chi connectivity index (χ3v) is 3.56. The molecule has 1 aliphatic carbocycles. The number of hydrogen-bond acceptors (Lipinski definition) is 4. The minimum absolute atomic E-state index is 0.206. The summed E-state index contributed by atoms with van der Waals surface area (Å²) in [6.07, 6.45) is 2.38. The Hall–Kier alpha value is -1.69. The van der Waals surface area contributed by atoms with Gasteiger partial charge in [-0.25, -0.2) is 4.98 Å². The molecule has 0 atom stereocenters. The maximum atomic E-state index is 11.9. The van der Waals surface area contributed by atoms with Crippen LogP contribution in [0.25, 0.3) is 0 Å². The number of hydrogen-bond donors (Lipinski definition) is 2. The van der Waals surface area contributed by atoms with Gasteiger partial charge in [-0.15, -0.1) is 11.3 Å². The lowest BCUT2D eigenvalue weighted by atomic mass is 10.2. The zero-order valence-electron chi connectivity index (χ0n) is 9.36. The highest BCUT2D eigenvalue weighted by atomic mass is 32.1. The van der Waals surface area contributed by atoms with Crippen LogP contribution in [0.4, 0.5) is 5.13 Å². The quantitative estimate of drug-likeness (QED) is 0.875. The van der Waals surface area contributed by atoms with Crippen molar-refractivity contribution in [1.29, 1.82) is 0 Å². The Morgan fingerprint density at radius 1 is 1.59 bits per heavy atom. The van der Waals surface area contributed by atoms with Crippen molar-refractivity contribution in [3.63, 3.8) is 0 Å². The molecule has 1 amide bonds. The van der Waals surface area contributed by atoms with Gasteiger partial charge in [-0.05, 0) is 25.8 Å². The summed E-state index contributed by atoms with van der Waals surface area (Å²) < 4.78 is 0. The Morgan fingerprint density at radius 3 is 3.06 bits per heavy atom. The Morgan fingerprint density at radius 2 is 2.41 bits per heavy atom. The fourth-order valence-electron chi connectivity index (χ4n) is 1.63. The second-order valence-electron chi connectivity index (χ2n) is 4.23. The van der Waals surface area contributed by atoms with Crippen LogP contribution in [0.1, 0.15) is 40.6 Å². The summed E-state index contributed by atoms with van der Waals surface area (Å²) in [6, 6.07) is 1.83. The van der Waals surface area contributed by atoms with E-state index < -0.39 is 0 Å². The van der Waals surface area contributed by atoms with Gasteiger partial charge in [0, 0.05) is 17.0 Å². The molecule has 2 N–H and O–H groups in total. The lowest BCUT2D eigenvalue weighted by molar-refractivity contribution is 0.102. The smallest absolute Gasteiger partial charge is 0.277 e. The first-order valence-electron chi connectivity index (χ1n) is 5.51. The van der Waals surface area contributed by atoms with Crippen molar-refractivity contribution in [2.75, 3.05) is 5.32 Å². The number of nitrogens with one attached hydrogen (secondary N) is 2. The van der Waals surface area contributed by atoms with E-state index in [0.717, 1.165) is 11.4 Å². The van der Waals surface area contributed by atoms with Gasteiger partial charge in [-0.3, -0.25) is 15.2 Å². The van der Waals surface area contributed by atoms with Crippen LogP contribution in [0.2, 0.25) is 0 Å². The first kappa shape index (κ1) is 10.5. The molecule has 0 spiro atoms. The lowest BCUT2D eigenvalue weighted by Gasteiger charge is -1.96. The second-order valence-corrected chi connectivity index (χ2v) is 5.09. The number of amides is 1. The molecule has 1 aliphatic rings. The first-order chi connectivity index (χ1) is 8.22. The van der Waals surface area contributed by atoms with Crippen LogP contribution < -0.4 is 5.32 Å². The number of rotatable bonds is 3. The molecule has 17 heavy (non-hydrogen) atoms. The van der Waals surface area contributed by atoms with Crippen molar-refractivity contribution in [3.05, 3.63) is 28.5 Å². The predicted molar refractivity (Wildman–Crippen MR) is 65.4 cm³/mol. The standard InChI is InChI=1S/C11H12N4OS/c1-6-5-17-11(12-6)13-10(16)9-4-8(14-15-9)7-2-3-7/h4-5,7H,2-3H2,1H3,(H,14,15)(H,12,13,16). The Kier molecular flexibility index (Phi) is 2.44. The van der Waals surface area contributed by atoms with Crippen LogP contribution in [-0.4, -0.2) is 21.1 Å². The van der Waals surface area contributed by atoms with E-state index in [4.69, 9.17) is 0 Å². The highest BCUT2D eigenvalue weighted by Gasteiger charge is 2.26. The SMILES string of the molecule is Cc1csc(NC(=O)c2cc(C3CC3)[nH]n2)n1. The molecule has 6 heteroatoms. The maximum Gasteiger partial charge on any atom is 0.277 e. The zero-order valence-corrected chi connectivity index (χ0v) is 10.2. The minimum Gasteiger partial charge on any atom is -0.296 e. The minimum atomic E-state index is -0.206. The fourth-order valence-corrected chi connectivity index (χ4v) is 2.31. The van der Waals surface area contributed by atoms with Crippen LogP contribution in [0.5, 0.6) is 0 Å². The molecule has 2 heterocycles. The second kappa shape index (κ2) is 3.96. The van der Waals surface area contributed by atoms with E-state index in [2.05, 4.69) is 20.5 Å². The average molecular weight is 248 g/mol. The maximum absolute atomic E-state index is 11.9. The van der Waals surface area contributed by atoms with Gasteiger partial charge in [0.2, 0.25) is 0 Å². The normalized spacial score (nSPS) is 14.9. The van der Waals surface area contributed by atoms with Crippen molar-refractivity contribution >= 4 is 22.4 Å². The molecule has 5 nitrogen and oxygen atoms in total. The number of aromatic nitrogens is 3. The molecule has 2 aromatic heterocycles. The fraction of sp³-hybridized carbons (Fsp3) is 0.364. The number of carbonyl (C=O) groups is 1. The number of aryl methyl sites for hydroxylation is 1. The summed E-state index contributed by atoms with van der Waals surface area (Å²) in [4.78, 5) is 16.0. The monoisotopic (exact) mass is 248 g/mol. The summed E-state index contributed by atoms with van der Waals surface area (Å²) in [5.41, 5.74) is 2.40. The van der Waals surface area contributed by atoms with Gasteiger partial charge in [0.15, 0.2) is 10.8 Å². The van der Waals surface area contributed by atoms with Gasteiger partial charge in [0.05, 0.1) is 5.69 Å². The van der Waals surface area contributed by atoms with Crippen LogP contribution in [0, 0.1) is 6.92 Å². The highest BCUT2D eigenvalue weighted by Crippen LogP contribution is 2.39. The molecular weight excluding hydrogens is 236 g/mol. The Balaban J connectivity index is 1.72. The molecule has 0 saturated heterocycles. The highest BCUT2D eigenvalue weighted by molar-refractivity contribution is 7.13. The van der Waals surface area contributed by atoms with E-state index in [1.807, 2.05) is 18.4 Å². The molecule has 88 valence electrons. The van der Waals surface area contributed by atoms with Gasteiger partial charge in [0.25, 0.3) is 5.91 Å². The van der Waals surface area contributed by atoms with Gasteiger partial charge < -0.3 is 0 Å². The molecule has 0 aromatic carbocycles. The van der Waals surface area contributed by atoms with Crippen molar-refractivity contribution in [2.24, 2.45) is 0 Å². The van der Waals surface area contributed by atoms with Gasteiger partial charge in [-0.1, -0.05) is 0 Å². The molecule has 1 fully saturated rings. The Labute approximate surface area is 102 Å². The van der Waals surface area contributed by atoms with E-state index in [-0.39, 0.29) is 5.91 Å². The van der Waals surface area contributed by atoms with Gasteiger partial charge in [-0.2, -0.15) is 5.10 Å². The largest absolute Gasteiger partial charge is 0.296 e. The number of thiazole rings is 1. The number of aromatic amines is 1. The van der Waals surface area contributed by atoms with Crippen LogP contribution >= 0.6 is 11.3 Å². The van der Waals surface area contributed by atoms with E-state index in [0.29, 0.717) is 16.7 Å². The molecule has 3 rings (SSSR count). The van der Waals surface area contributed by atoms with E-state index >= 15 is 0 Å². The van der Waals surface area contributed by atoms with Crippen molar-refractivity contribution < 1.29 is 4.79 Å². The van der Waals surface area contributed by atoms with E-state index in [1.54, 1.807) is 0 Å². The van der Waals surface area contributed by atoms with Crippen molar-refractivity contribution in [1.82, 2.24) is 15.2 Å². The summed E-state index contributed by atoms with van der Waals surface area (Å²) in [7, 11) is 0. The molecule has 1 saturated carbocycles. The lowest BCUT2D eigenvalue weighted by Crippen LogP contribution is -2.12. The van der Waals surface area contributed by atoms with Crippen LogP contribution in [0.15, 0.2) is 11.4 Å². The third-order valence-electron chi connectivity index (χ3n) is 2.69. The average Bonchev–Trinajstić information content (AvgIpc) is 2.88.